The number of halogens is 4. The minimum atomic E-state index is -4.48. The van der Waals surface area contributed by atoms with Crippen LogP contribution >= 0.6 is 11.6 Å². The van der Waals surface area contributed by atoms with Crippen molar-refractivity contribution in [3.63, 3.8) is 0 Å². The van der Waals surface area contributed by atoms with Crippen molar-refractivity contribution in [3.05, 3.63) is 68.7 Å². The third-order valence-electron chi connectivity index (χ3n) is 2.73. The number of non-ortho nitro benzene ring substituents is 1. The van der Waals surface area contributed by atoms with Crippen molar-refractivity contribution < 1.29 is 18.1 Å². The summed E-state index contributed by atoms with van der Waals surface area (Å²) in [7, 11) is 0. The number of hydrogen-bond acceptors (Lipinski definition) is 3. The van der Waals surface area contributed by atoms with Crippen LogP contribution in [-0.2, 0) is 6.18 Å². The maximum absolute atomic E-state index is 12.6. The largest absolute Gasteiger partial charge is 0.416 e. The summed E-state index contributed by atoms with van der Waals surface area (Å²) >= 11 is 5.81. The van der Waals surface area contributed by atoms with Crippen LogP contribution in [0.1, 0.15) is 11.1 Å². The van der Waals surface area contributed by atoms with Crippen LogP contribution in [0.25, 0.3) is 0 Å². The van der Waals surface area contributed by atoms with Crippen LogP contribution in [0.15, 0.2) is 47.5 Å². The molecule has 0 fully saturated rings. The summed E-state index contributed by atoms with van der Waals surface area (Å²) in [5, 5.41) is 10.6. The zero-order valence-corrected chi connectivity index (χ0v) is 11.6. The monoisotopic (exact) mass is 328 g/mol. The van der Waals surface area contributed by atoms with E-state index in [-0.39, 0.29) is 16.4 Å². The van der Waals surface area contributed by atoms with Crippen LogP contribution in [0.5, 0.6) is 0 Å². The zero-order valence-electron chi connectivity index (χ0n) is 10.8. The predicted molar refractivity (Wildman–Crippen MR) is 76.8 cm³/mol. The molecule has 0 spiro atoms. The molecule has 0 saturated carbocycles. The van der Waals surface area contributed by atoms with Crippen LogP contribution in [0.4, 0.5) is 24.5 Å². The highest BCUT2D eigenvalue weighted by Crippen LogP contribution is 2.34. The molecule has 8 heteroatoms. The first-order valence-corrected chi connectivity index (χ1v) is 6.30. The molecule has 2 aromatic carbocycles. The Morgan fingerprint density at radius 1 is 1.14 bits per heavy atom. The van der Waals surface area contributed by atoms with Crippen molar-refractivity contribution in [2.45, 2.75) is 6.18 Å². The minimum absolute atomic E-state index is 0.0326. The Hall–Kier alpha value is -2.41. The maximum Gasteiger partial charge on any atom is 0.416 e. The highest BCUT2D eigenvalue weighted by molar-refractivity contribution is 6.33. The third-order valence-corrected chi connectivity index (χ3v) is 3.05. The van der Waals surface area contributed by atoms with E-state index in [2.05, 4.69) is 4.99 Å². The first-order chi connectivity index (χ1) is 10.3. The van der Waals surface area contributed by atoms with Gasteiger partial charge in [-0.3, -0.25) is 15.1 Å². The molecule has 2 rings (SSSR count). The molecular formula is C14H8ClF3N2O2. The van der Waals surface area contributed by atoms with Gasteiger partial charge in [0.05, 0.1) is 21.2 Å². The third kappa shape index (κ3) is 3.82. The molecule has 4 nitrogen and oxygen atoms in total. The number of aliphatic imine (C=N–C) groups is 1. The number of alkyl halides is 3. The quantitative estimate of drug-likeness (QED) is 0.451. The summed E-state index contributed by atoms with van der Waals surface area (Å²) in [4.78, 5) is 13.9. The number of rotatable bonds is 3. The van der Waals surface area contributed by atoms with Crippen molar-refractivity contribution in [3.8, 4) is 0 Å². The van der Waals surface area contributed by atoms with Gasteiger partial charge in [0.1, 0.15) is 0 Å². The van der Waals surface area contributed by atoms with E-state index in [9.17, 15) is 23.3 Å². The highest BCUT2D eigenvalue weighted by Gasteiger charge is 2.30. The van der Waals surface area contributed by atoms with Gasteiger partial charge in [-0.05, 0) is 35.9 Å². The van der Waals surface area contributed by atoms with E-state index in [0.717, 1.165) is 18.2 Å². The fourth-order valence-corrected chi connectivity index (χ4v) is 1.78. The summed E-state index contributed by atoms with van der Waals surface area (Å²) in [6.45, 7) is 0. The van der Waals surface area contributed by atoms with Gasteiger partial charge in [-0.2, -0.15) is 13.2 Å². The first kappa shape index (κ1) is 16.0. The van der Waals surface area contributed by atoms with Crippen LogP contribution in [0.2, 0.25) is 5.02 Å². The van der Waals surface area contributed by atoms with E-state index in [1.165, 1.54) is 30.5 Å². The molecule has 0 N–H and O–H groups in total. The summed E-state index contributed by atoms with van der Waals surface area (Å²) < 4.78 is 37.9. The zero-order chi connectivity index (χ0) is 16.3. The molecule has 2 aromatic rings. The van der Waals surface area contributed by atoms with Crippen LogP contribution < -0.4 is 0 Å². The molecule has 0 aromatic heterocycles. The average Bonchev–Trinajstić information content (AvgIpc) is 2.45. The summed E-state index contributed by atoms with van der Waals surface area (Å²) in [6.07, 6.45) is -3.20. The van der Waals surface area contributed by atoms with Crippen molar-refractivity contribution in [2.24, 2.45) is 4.99 Å². The van der Waals surface area contributed by atoms with Gasteiger partial charge < -0.3 is 0 Å². The average molecular weight is 329 g/mol. The molecule has 22 heavy (non-hydrogen) atoms. The van der Waals surface area contributed by atoms with E-state index in [1.807, 2.05) is 0 Å². The van der Waals surface area contributed by atoms with E-state index in [0.29, 0.717) is 5.56 Å². The second-order valence-electron chi connectivity index (χ2n) is 4.27. The van der Waals surface area contributed by atoms with Crippen LogP contribution in [0, 0.1) is 10.1 Å². The second-order valence-corrected chi connectivity index (χ2v) is 4.68. The van der Waals surface area contributed by atoms with E-state index in [1.54, 1.807) is 0 Å². The Morgan fingerprint density at radius 2 is 1.77 bits per heavy atom. The van der Waals surface area contributed by atoms with Gasteiger partial charge in [-0.15, -0.1) is 0 Å². The van der Waals surface area contributed by atoms with E-state index >= 15 is 0 Å². The second kappa shape index (κ2) is 6.15. The predicted octanol–water partition coefficient (Wildman–Crippen LogP) is 5.02. The van der Waals surface area contributed by atoms with Gasteiger partial charge in [0.25, 0.3) is 5.69 Å². The van der Waals surface area contributed by atoms with Gasteiger partial charge in [0.2, 0.25) is 0 Å². The SMILES string of the molecule is O=[N+]([O-])c1ccc(C=Nc2cc(C(F)(F)F)ccc2Cl)cc1. The molecule has 0 bridgehead atoms. The van der Waals surface area contributed by atoms with Crippen LogP contribution in [-0.4, -0.2) is 11.1 Å². The molecule has 0 unspecified atom stereocenters. The summed E-state index contributed by atoms with van der Waals surface area (Å²) in [5.41, 5.74) is -0.476. The lowest BCUT2D eigenvalue weighted by Crippen LogP contribution is -2.04. The Bertz CT molecular complexity index is 728. The van der Waals surface area contributed by atoms with Crippen LogP contribution in [0.3, 0.4) is 0 Å². The van der Waals surface area contributed by atoms with Gasteiger partial charge in [0, 0.05) is 18.3 Å². The number of nitrogens with zero attached hydrogens (tertiary/aromatic N) is 2. The lowest BCUT2D eigenvalue weighted by Gasteiger charge is -2.07. The normalized spacial score (nSPS) is 11.8. The fourth-order valence-electron chi connectivity index (χ4n) is 1.61. The maximum atomic E-state index is 12.6. The van der Waals surface area contributed by atoms with Crippen molar-refractivity contribution >= 4 is 29.2 Å². The van der Waals surface area contributed by atoms with Crippen molar-refractivity contribution in [1.82, 2.24) is 0 Å². The number of nitro groups is 1. The lowest BCUT2D eigenvalue weighted by molar-refractivity contribution is -0.384. The standard InChI is InChI=1S/C14H8ClF3N2O2/c15-12-6-3-10(14(16,17)18)7-13(12)19-8-9-1-4-11(5-2-9)20(21)22/h1-8H. The Labute approximate surface area is 128 Å². The Kier molecular flexibility index (Phi) is 4.46. The van der Waals surface area contributed by atoms with E-state index < -0.39 is 16.7 Å². The molecule has 114 valence electrons. The molecule has 0 amide bonds. The number of hydrogen-bond donors (Lipinski definition) is 0. The molecule has 0 aliphatic carbocycles. The fraction of sp³-hybridized carbons (Fsp3) is 0.0714. The Morgan fingerprint density at radius 3 is 2.32 bits per heavy atom. The smallest absolute Gasteiger partial charge is 0.258 e. The minimum Gasteiger partial charge on any atom is -0.258 e. The summed E-state index contributed by atoms with van der Waals surface area (Å²) in [6, 6.07) is 8.24. The molecule has 0 aliphatic rings. The number of nitro benzene ring substituents is 1. The van der Waals surface area contributed by atoms with Crippen molar-refractivity contribution in [2.75, 3.05) is 0 Å². The van der Waals surface area contributed by atoms with Gasteiger partial charge >= 0.3 is 6.18 Å². The van der Waals surface area contributed by atoms with E-state index in [4.69, 9.17) is 11.6 Å². The van der Waals surface area contributed by atoms with Gasteiger partial charge in [0.15, 0.2) is 0 Å². The molecule has 0 aliphatic heterocycles. The Balaban J connectivity index is 2.27. The number of benzene rings is 2. The van der Waals surface area contributed by atoms with Crippen molar-refractivity contribution in [1.29, 1.82) is 0 Å². The first-order valence-electron chi connectivity index (χ1n) is 5.92. The molecule has 0 heterocycles. The summed E-state index contributed by atoms with van der Waals surface area (Å²) in [5.74, 6) is 0. The molecular weight excluding hydrogens is 321 g/mol. The topological polar surface area (TPSA) is 55.5 Å². The van der Waals surface area contributed by atoms with Gasteiger partial charge in [-0.25, -0.2) is 0 Å². The molecule has 0 saturated heterocycles. The lowest BCUT2D eigenvalue weighted by atomic mass is 10.2. The molecule has 0 atom stereocenters. The van der Waals surface area contributed by atoms with Gasteiger partial charge in [-0.1, -0.05) is 11.6 Å². The molecule has 0 radical (unpaired) electrons. The highest BCUT2D eigenvalue weighted by atomic mass is 35.5.